The van der Waals surface area contributed by atoms with Crippen molar-refractivity contribution in [3.8, 4) is 11.5 Å². The quantitative estimate of drug-likeness (QED) is 0.814. The third kappa shape index (κ3) is 4.86. The minimum absolute atomic E-state index is 0.132. The average molecular weight is 368 g/mol. The van der Waals surface area contributed by atoms with Crippen LogP contribution in [0.1, 0.15) is 19.8 Å². The number of rotatable bonds is 6. The van der Waals surface area contributed by atoms with E-state index in [2.05, 4.69) is 5.32 Å². The zero-order valence-corrected chi connectivity index (χ0v) is 15.3. The Morgan fingerprint density at radius 3 is 2.37 bits per heavy atom. The van der Waals surface area contributed by atoms with E-state index in [1.807, 2.05) is 60.4 Å². The average Bonchev–Trinajstić information content (AvgIpc) is 2.69. The number of aliphatic carboxylic acids is 1. The molecule has 0 bridgehead atoms. The summed E-state index contributed by atoms with van der Waals surface area (Å²) in [5.41, 5.74) is 0.610. The number of hydrogen-bond acceptors (Lipinski definition) is 4. The monoisotopic (exact) mass is 368 g/mol. The number of anilines is 1. The Morgan fingerprint density at radius 1 is 1.07 bits per heavy atom. The number of benzene rings is 2. The summed E-state index contributed by atoms with van der Waals surface area (Å²) in [6, 6.07) is 16.4. The summed E-state index contributed by atoms with van der Waals surface area (Å²) in [5.74, 6) is 0.0833. The van der Waals surface area contributed by atoms with Crippen molar-refractivity contribution in [1.29, 1.82) is 0 Å². The molecule has 2 N–H and O–H groups in total. The van der Waals surface area contributed by atoms with Crippen molar-refractivity contribution < 1.29 is 19.4 Å². The maximum absolute atomic E-state index is 12.7. The summed E-state index contributed by atoms with van der Waals surface area (Å²) in [6.45, 7) is 3.05. The fourth-order valence-corrected chi connectivity index (χ4v) is 3.21. The molecule has 3 rings (SSSR count). The number of amides is 1. The number of likely N-dealkylation sites (tertiary alicyclic amines) is 1. The van der Waals surface area contributed by atoms with Gasteiger partial charge in [0, 0.05) is 0 Å². The molecule has 6 nitrogen and oxygen atoms in total. The maximum Gasteiger partial charge on any atom is 0.306 e. The van der Waals surface area contributed by atoms with E-state index in [1.54, 1.807) is 6.07 Å². The molecule has 27 heavy (non-hydrogen) atoms. The van der Waals surface area contributed by atoms with Gasteiger partial charge in [0.15, 0.2) is 5.75 Å². The van der Waals surface area contributed by atoms with Crippen LogP contribution in [0.3, 0.4) is 0 Å². The Morgan fingerprint density at radius 2 is 1.70 bits per heavy atom. The van der Waals surface area contributed by atoms with Gasteiger partial charge in [0.2, 0.25) is 5.91 Å². The summed E-state index contributed by atoms with van der Waals surface area (Å²) in [6.07, 6.45) is 1.14. The van der Waals surface area contributed by atoms with E-state index in [0.29, 0.717) is 43.1 Å². The molecule has 6 heteroatoms. The molecule has 142 valence electrons. The second kappa shape index (κ2) is 8.68. The van der Waals surface area contributed by atoms with Crippen LogP contribution in [-0.2, 0) is 9.59 Å². The lowest BCUT2D eigenvalue weighted by atomic mass is 9.96. The highest BCUT2D eigenvalue weighted by atomic mass is 16.5. The summed E-state index contributed by atoms with van der Waals surface area (Å²) >= 11 is 0. The van der Waals surface area contributed by atoms with Crippen LogP contribution in [0.4, 0.5) is 5.69 Å². The summed E-state index contributed by atoms with van der Waals surface area (Å²) in [7, 11) is 0. The van der Waals surface area contributed by atoms with E-state index in [1.165, 1.54) is 0 Å². The first kappa shape index (κ1) is 18.9. The summed E-state index contributed by atoms with van der Waals surface area (Å²) in [4.78, 5) is 25.8. The van der Waals surface area contributed by atoms with Gasteiger partial charge >= 0.3 is 5.97 Å². The molecule has 2 aromatic carbocycles. The number of nitrogens with one attached hydrogen (secondary N) is 1. The number of carboxylic acids is 1. The van der Waals surface area contributed by atoms with Crippen LogP contribution < -0.4 is 10.1 Å². The van der Waals surface area contributed by atoms with E-state index in [4.69, 9.17) is 9.84 Å². The number of piperidine rings is 1. The first-order valence-electron chi connectivity index (χ1n) is 9.14. The Hall–Kier alpha value is -2.86. The van der Waals surface area contributed by atoms with E-state index in [9.17, 15) is 9.59 Å². The molecular formula is C21H24N2O4. The summed E-state index contributed by atoms with van der Waals surface area (Å²) in [5, 5.41) is 12.0. The molecule has 1 fully saturated rings. The predicted molar refractivity (Wildman–Crippen MR) is 103 cm³/mol. The standard InChI is InChI=1S/C21H24N2O4/c1-15(23-13-11-16(12-14-23)21(25)26)20(24)22-18-9-5-6-10-19(18)27-17-7-3-2-4-8-17/h2-10,15-16H,11-14H2,1H3,(H,22,24)(H,25,26). The molecule has 0 aliphatic carbocycles. The number of carbonyl (C=O) groups excluding carboxylic acids is 1. The minimum Gasteiger partial charge on any atom is -0.481 e. The van der Waals surface area contributed by atoms with Crippen molar-refractivity contribution in [2.45, 2.75) is 25.8 Å². The minimum atomic E-state index is -0.751. The number of nitrogens with zero attached hydrogens (tertiary/aromatic N) is 1. The van der Waals surface area contributed by atoms with Gasteiger partial charge in [0.1, 0.15) is 5.75 Å². The lowest BCUT2D eigenvalue weighted by molar-refractivity contribution is -0.143. The van der Waals surface area contributed by atoms with Crippen LogP contribution in [0.5, 0.6) is 11.5 Å². The Balaban J connectivity index is 1.63. The van der Waals surface area contributed by atoms with Crippen molar-refractivity contribution in [2.24, 2.45) is 5.92 Å². The second-order valence-electron chi connectivity index (χ2n) is 6.72. The highest BCUT2D eigenvalue weighted by molar-refractivity contribution is 5.95. The molecule has 0 saturated carbocycles. The van der Waals surface area contributed by atoms with Crippen LogP contribution in [0.15, 0.2) is 54.6 Å². The smallest absolute Gasteiger partial charge is 0.306 e. The van der Waals surface area contributed by atoms with Crippen LogP contribution in [0, 0.1) is 5.92 Å². The van der Waals surface area contributed by atoms with Crippen LogP contribution in [-0.4, -0.2) is 41.0 Å². The van der Waals surface area contributed by atoms with Gasteiger partial charge in [-0.05, 0) is 57.1 Å². The van der Waals surface area contributed by atoms with Gasteiger partial charge in [-0.15, -0.1) is 0 Å². The molecule has 0 spiro atoms. The van der Waals surface area contributed by atoms with Gasteiger partial charge in [0.25, 0.3) is 0 Å². The molecule has 1 aliphatic rings. The van der Waals surface area contributed by atoms with E-state index < -0.39 is 5.97 Å². The van der Waals surface area contributed by atoms with Crippen LogP contribution in [0.25, 0.3) is 0 Å². The van der Waals surface area contributed by atoms with Gasteiger partial charge in [0.05, 0.1) is 17.6 Å². The third-order valence-electron chi connectivity index (χ3n) is 4.92. The first-order chi connectivity index (χ1) is 13.0. The Bertz CT molecular complexity index is 786. The lowest BCUT2D eigenvalue weighted by Gasteiger charge is -2.33. The van der Waals surface area contributed by atoms with Crippen LogP contribution >= 0.6 is 0 Å². The van der Waals surface area contributed by atoms with Gasteiger partial charge < -0.3 is 15.2 Å². The fourth-order valence-electron chi connectivity index (χ4n) is 3.21. The van der Waals surface area contributed by atoms with Crippen LogP contribution in [0.2, 0.25) is 0 Å². The molecule has 1 unspecified atom stereocenters. The number of para-hydroxylation sites is 3. The number of hydrogen-bond donors (Lipinski definition) is 2. The van der Waals surface area contributed by atoms with Crippen molar-refractivity contribution >= 4 is 17.6 Å². The van der Waals surface area contributed by atoms with Crippen molar-refractivity contribution in [3.05, 3.63) is 54.6 Å². The Labute approximate surface area is 158 Å². The Kier molecular flexibility index (Phi) is 6.08. The van der Waals surface area contributed by atoms with Gasteiger partial charge in [-0.3, -0.25) is 14.5 Å². The zero-order valence-electron chi connectivity index (χ0n) is 15.3. The lowest BCUT2D eigenvalue weighted by Crippen LogP contribution is -2.47. The van der Waals surface area contributed by atoms with E-state index in [0.717, 1.165) is 0 Å². The molecule has 1 saturated heterocycles. The maximum atomic E-state index is 12.7. The zero-order chi connectivity index (χ0) is 19.2. The number of ether oxygens (including phenoxy) is 1. The third-order valence-corrected chi connectivity index (χ3v) is 4.92. The van der Waals surface area contributed by atoms with Crippen molar-refractivity contribution in [2.75, 3.05) is 18.4 Å². The van der Waals surface area contributed by atoms with E-state index in [-0.39, 0.29) is 17.9 Å². The van der Waals surface area contributed by atoms with Gasteiger partial charge in [-0.1, -0.05) is 30.3 Å². The number of carbonyl (C=O) groups is 2. The largest absolute Gasteiger partial charge is 0.481 e. The second-order valence-corrected chi connectivity index (χ2v) is 6.72. The molecule has 1 aliphatic heterocycles. The SMILES string of the molecule is CC(C(=O)Nc1ccccc1Oc1ccccc1)N1CCC(C(=O)O)CC1. The molecule has 1 amide bonds. The predicted octanol–water partition coefficient (Wildman–Crippen LogP) is 3.60. The van der Waals surface area contributed by atoms with Gasteiger partial charge in [-0.25, -0.2) is 0 Å². The van der Waals surface area contributed by atoms with Gasteiger partial charge in [-0.2, -0.15) is 0 Å². The first-order valence-corrected chi connectivity index (χ1v) is 9.14. The normalized spacial score (nSPS) is 16.5. The van der Waals surface area contributed by atoms with Crippen molar-refractivity contribution in [3.63, 3.8) is 0 Å². The molecular weight excluding hydrogens is 344 g/mol. The highest BCUT2D eigenvalue weighted by Crippen LogP contribution is 2.29. The number of carboxylic acid groups (broad SMARTS) is 1. The molecule has 1 atom stereocenters. The highest BCUT2D eigenvalue weighted by Gasteiger charge is 2.29. The van der Waals surface area contributed by atoms with E-state index >= 15 is 0 Å². The molecule has 2 aromatic rings. The topological polar surface area (TPSA) is 78.9 Å². The van der Waals surface area contributed by atoms with Crippen molar-refractivity contribution in [1.82, 2.24) is 4.90 Å². The molecule has 1 heterocycles. The summed E-state index contributed by atoms with van der Waals surface area (Å²) < 4.78 is 5.88. The molecule has 0 radical (unpaired) electrons. The fraction of sp³-hybridized carbons (Fsp3) is 0.333. The molecule has 0 aromatic heterocycles.